The van der Waals surface area contributed by atoms with Crippen LogP contribution in [0.2, 0.25) is 0 Å². The van der Waals surface area contributed by atoms with Gasteiger partial charge in [0.15, 0.2) is 6.17 Å². The molecule has 0 radical (unpaired) electrons. The molecule has 1 amide bonds. The number of carbonyl (C=O) groups is 1. The minimum absolute atomic E-state index is 0.00540. The van der Waals surface area contributed by atoms with Crippen molar-refractivity contribution in [3.8, 4) is 0 Å². The number of hydrogen-bond donors (Lipinski definition) is 1. The first-order chi connectivity index (χ1) is 16.6. The fourth-order valence-electron chi connectivity index (χ4n) is 4.21. The molecule has 0 saturated heterocycles. The van der Waals surface area contributed by atoms with Gasteiger partial charge < -0.3 is 9.88 Å². The van der Waals surface area contributed by atoms with Crippen molar-refractivity contribution in [1.82, 2.24) is 19.9 Å². The second-order valence-corrected chi connectivity index (χ2v) is 10.8. The van der Waals surface area contributed by atoms with Crippen LogP contribution in [0.15, 0.2) is 47.9 Å². The standard InChI is InChI=1S/C23H20F4N4O3S/c24-20(13-4-7-19(28-10-13)23(25,26)27)17-3-1-2-14-12-31(9-8-16(14)17)21(32)18-11-29-22(30-18)35(33,34)15-5-6-15/h1-4,7,10-11,15,20H,5-6,8-9,12H2,(H,29,30). The first-order valence-corrected chi connectivity index (χ1v) is 12.5. The zero-order valence-electron chi connectivity index (χ0n) is 18.2. The summed E-state index contributed by atoms with van der Waals surface area (Å²) in [6.45, 7) is 0.413. The number of fused-ring (bicyclic) bond motifs is 1. The van der Waals surface area contributed by atoms with Crippen LogP contribution in [0.1, 0.15) is 57.4 Å². The number of alkyl halides is 4. The minimum atomic E-state index is -4.61. The van der Waals surface area contributed by atoms with Gasteiger partial charge in [0, 0.05) is 31.0 Å². The van der Waals surface area contributed by atoms with Crippen LogP contribution in [0, 0.1) is 0 Å². The average Bonchev–Trinajstić information content (AvgIpc) is 3.59. The molecule has 1 fully saturated rings. The number of sulfone groups is 1. The van der Waals surface area contributed by atoms with Gasteiger partial charge >= 0.3 is 6.18 Å². The lowest BCUT2D eigenvalue weighted by Gasteiger charge is -2.30. The second-order valence-electron chi connectivity index (χ2n) is 8.63. The van der Waals surface area contributed by atoms with E-state index in [2.05, 4.69) is 15.0 Å². The number of aromatic amines is 1. The largest absolute Gasteiger partial charge is 0.433 e. The number of pyridine rings is 1. The summed E-state index contributed by atoms with van der Waals surface area (Å²) in [6, 6.07) is 6.77. The Morgan fingerprint density at radius 3 is 2.60 bits per heavy atom. The Bertz CT molecular complexity index is 1380. The summed E-state index contributed by atoms with van der Waals surface area (Å²) in [5.74, 6) is -0.446. The molecule has 2 aromatic heterocycles. The first-order valence-electron chi connectivity index (χ1n) is 10.9. The number of nitrogens with one attached hydrogen (secondary N) is 1. The molecule has 7 nitrogen and oxygen atoms in total. The van der Waals surface area contributed by atoms with Crippen LogP contribution in [-0.2, 0) is 29.0 Å². The third kappa shape index (κ3) is 4.42. The van der Waals surface area contributed by atoms with Gasteiger partial charge in [-0.05, 0) is 42.0 Å². The van der Waals surface area contributed by atoms with E-state index in [-0.39, 0.29) is 29.5 Å². The quantitative estimate of drug-likeness (QED) is 0.526. The Kier molecular flexibility index (Phi) is 5.65. The van der Waals surface area contributed by atoms with E-state index in [0.29, 0.717) is 36.0 Å². The van der Waals surface area contributed by atoms with Gasteiger partial charge in [-0.25, -0.2) is 17.8 Å². The molecule has 2 aliphatic rings. The molecule has 0 spiro atoms. The van der Waals surface area contributed by atoms with Crippen LogP contribution in [0.25, 0.3) is 0 Å². The number of hydrogen-bond acceptors (Lipinski definition) is 5. The molecule has 3 aromatic rings. The van der Waals surface area contributed by atoms with Gasteiger partial charge in [0.05, 0.1) is 5.25 Å². The van der Waals surface area contributed by atoms with Crippen molar-refractivity contribution in [3.63, 3.8) is 0 Å². The fourth-order valence-corrected chi connectivity index (χ4v) is 5.73. The van der Waals surface area contributed by atoms with Gasteiger partial charge in [-0.15, -0.1) is 0 Å². The lowest BCUT2D eigenvalue weighted by atomic mass is 9.90. The van der Waals surface area contributed by atoms with Crippen LogP contribution in [0.4, 0.5) is 17.6 Å². The third-order valence-corrected chi connectivity index (χ3v) is 8.34. The van der Waals surface area contributed by atoms with Crippen LogP contribution in [0.3, 0.4) is 0 Å². The van der Waals surface area contributed by atoms with Crippen molar-refractivity contribution in [2.45, 2.75) is 48.6 Å². The van der Waals surface area contributed by atoms with E-state index in [4.69, 9.17) is 0 Å². The second kappa shape index (κ2) is 8.43. The highest BCUT2D eigenvalue weighted by Crippen LogP contribution is 2.35. The number of amides is 1. The molecule has 1 aliphatic heterocycles. The van der Waals surface area contributed by atoms with Gasteiger partial charge in [-0.3, -0.25) is 9.78 Å². The zero-order chi connectivity index (χ0) is 25.0. The lowest BCUT2D eigenvalue weighted by Crippen LogP contribution is -2.36. The van der Waals surface area contributed by atoms with Crippen LogP contribution in [0.5, 0.6) is 0 Å². The van der Waals surface area contributed by atoms with E-state index in [1.807, 2.05) is 0 Å². The highest BCUT2D eigenvalue weighted by Gasteiger charge is 2.39. The van der Waals surface area contributed by atoms with Crippen molar-refractivity contribution in [1.29, 1.82) is 0 Å². The minimum Gasteiger partial charge on any atom is -0.335 e. The van der Waals surface area contributed by atoms with Gasteiger partial charge in [0.1, 0.15) is 11.4 Å². The lowest BCUT2D eigenvalue weighted by molar-refractivity contribution is -0.141. The summed E-state index contributed by atoms with van der Waals surface area (Å²) in [7, 11) is -3.56. The maximum atomic E-state index is 15.3. The predicted octanol–water partition coefficient (Wildman–Crippen LogP) is 4.02. The number of H-pyrrole nitrogens is 1. The van der Waals surface area contributed by atoms with Crippen LogP contribution >= 0.6 is 0 Å². The molecule has 1 saturated carbocycles. The van der Waals surface area contributed by atoms with Crippen molar-refractivity contribution in [2.75, 3.05) is 6.54 Å². The van der Waals surface area contributed by atoms with Gasteiger partial charge in [-0.1, -0.05) is 24.3 Å². The van der Waals surface area contributed by atoms with E-state index >= 15 is 4.39 Å². The Labute approximate surface area is 198 Å². The Hall–Kier alpha value is -3.28. The number of rotatable bonds is 5. The van der Waals surface area contributed by atoms with E-state index in [9.17, 15) is 26.4 Å². The maximum Gasteiger partial charge on any atom is 0.433 e. The van der Waals surface area contributed by atoms with Gasteiger partial charge in [-0.2, -0.15) is 13.2 Å². The number of benzene rings is 1. The SMILES string of the molecule is O=C(c1c[nH]c(S(=O)(=O)C2CC2)n1)N1CCc2c(cccc2C(F)c2ccc(C(F)(F)F)nc2)C1. The van der Waals surface area contributed by atoms with E-state index in [1.165, 1.54) is 11.1 Å². The fraction of sp³-hybridized carbons (Fsp3) is 0.348. The van der Waals surface area contributed by atoms with Gasteiger partial charge in [0.25, 0.3) is 5.91 Å². The Morgan fingerprint density at radius 2 is 1.94 bits per heavy atom. The summed E-state index contributed by atoms with van der Waals surface area (Å²) in [5, 5.41) is -0.668. The summed E-state index contributed by atoms with van der Waals surface area (Å²) in [5.41, 5.74) is 0.598. The molecule has 1 aromatic carbocycles. The van der Waals surface area contributed by atoms with E-state index in [1.54, 1.807) is 18.2 Å². The third-order valence-electron chi connectivity index (χ3n) is 6.24. The molecule has 35 heavy (non-hydrogen) atoms. The molecule has 184 valence electrons. The molecule has 1 aliphatic carbocycles. The highest BCUT2D eigenvalue weighted by molar-refractivity contribution is 7.92. The molecule has 1 atom stereocenters. The maximum absolute atomic E-state index is 15.3. The number of carbonyl (C=O) groups excluding carboxylic acids is 1. The monoisotopic (exact) mass is 508 g/mol. The molecule has 3 heterocycles. The summed E-state index contributed by atoms with van der Waals surface area (Å²) in [6.07, 6.45) is -2.64. The molecule has 12 heteroatoms. The van der Waals surface area contributed by atoms with Crippen molar-refractivity contribution in [3.05, 3.63) is 76.4 Å². The van der Waals surface area contributed by atoms with Crippen LogP contribution in [-0.4, -0.2) is 46.0 Å². The van der Waals surface area contributed by atoms with E-state index < -0.39 is 39.0 Å². The van der Waals surface area contributed by atoms with E-state index in [0.717, 1.165) is 18.3 Å². The summed E-state index contributed by atoms with van der Waals surface area (Å²) >= 11 is 0. The topological polar surface area (TPSA) is 96.0 Å². The highest BCUT2D eigenvalue weighted by atomic mass is 32.2. The molecular formula is C23H20F4N4O3S. The summed E-state index contributed by atoms with van der Waals surface area (Å²) in [4.78, 5) is 24.4. The number of aromatic nitrogens is 3. The van der Waals surface area contributed by atoms with Crippen molar-refractivity contribution in [2.24, 2.45) is 0 Å². The molecule has 1 N–H and O–H groups in total. The van der Waals surface area contributed by atoms with Crippen LogP contribution < -0.4 is 0 Å². The number of imidazole rings is 1. The molecule has 1 unspecified atom stereocenters. The zero-order valence-corrected chi connectivity index (χ0v) is 19.0. The molecule has 5 rings (SSSR count). The average molecular weight is 508 g/mol. The number of halogens is 4. The Balaban J connectivity index is 1.34. The normalized spacial score (nSPS) is 17.2. The Morgan fingerprint density at radius 1 is 1.17 bits per heavy atom. The number of nitrogens with zero attached hydrogens (tertiary/aromatic N) is 3. The first kappa shape index (κ1) is 23.5. The smallest absolute Gasteiger partial charge is 0.335 e. The van der Waals surface area contributed by atoms with Gasteiger partial charge in [0.2, 0.25) is 15.0 Å². The van der Waals surface area contributed by atoms with Crippen molar-refractivity contribution >= 4 is 15.7 Å². The molecular weight excluding hydrogens is 488 g/mol. The van der Waals surface area contributed by atoms with Crippen molar-refractivity contribution < 1.29 is 30.8 Å². The summed E-state index contributed by atoms with van der Waals surface area (Å²) < 4.78 is 78.3. The predicted molar refractivity (Wildman–Crippen MR) is 116 cm³/mol. The molecule has 0 bridgehead atoms.